The number of aromatic nitrogens is 1. The fourth-order valence-electron chi connectivity index (χ4n) is 3.25. The number of likely N-dealkylation sites (N-methyl/N-ethyl adjacent to an activating group) is 1. The summed E-state index contributed by atoms with van der Waals surface area (Å²) in [5.41, 5.74) is 3.23. The average Bonchev–Trinajstić information content (AvgIpc) is 3.24. The van der Waals surface area contributed by atoms with E-state index in [1.54, 1.807) is 12.1 Å². The van der Waals surface area contributed by atoms with Gasteiger partial charge in [-0.2, -0.15) is 0 Å². The SMILES string of the molecule is C=C/C(=C\C=C(/C)CNCC)c1c(C(=O)NCC)noc1-c1cc(C(C)C)c(O)cc1O.CC. The molecule has 0 saturated carbocycles. The molecule has 1 heterocycles. The largest absolute Gasteiger partial charge is 0.508 e. The van der Waals surface area contributed by atoms with Gasteiger partial charge in [-0.05, 0) is 43.5 Å². The standard InChI is InChI=1S/C25H33N3O4.C2H6/c1-7-17(11-10-16(6)14-26-8-2)22-23(25(31)27-9-3)28-32-24(22)19-12-18(15(4)5)20(29)13-21(19)30;1-2/h7,10-13,15,26,29-30H,1,8-9,14H2,2-6H3,(H,27,31);1-2H3/b16-10+,17-11+;. The number of rotatable bonds is 10. The summed E-state index contributed by atoms with van der Waals surface area (Å²) in [7, 11) is 0. The summed E-state index contributed by atoms with van der Waals surface area (Å²) in [5.74, 6) is -0.327. The third-order valence-corrected chi connectivity index (χ3v) is 4.97. The number of amides is 1. The number of hydrogen-bond donors (Lipinski definition) is 4. The highest BCUT2D eigenvalue weighted by molar-refractivity contribution is 6.01. The summed E-state index contributed by atoms with van der Waals surface area (Å²) >= 11 is 0. The van der Waals surface area contributed by atoms with E-state index >= 15 is 0 Å². The van der Waals surface area contributed by atoms with E-state index in [1.165, 1.54) is 6.07 Å². The van der Waals surface area contributed by atoms with Crippen LogP contribution < -0.4 is 10.6 Å². The number of carbonyl (C=O) groups is 1. The van der Waals surface area contributed by atoms with Crippen LogP contribution in [0, 0.1) is 0 Å². The normalized spacial score (nSPS) is 11.8. The summed E-state index contributed by atoms with van der Waals surface area (Å²) in [6, 6.07) is 2.94. The van der Waals surface area contributed by atoms with E-state index in [0.717, 1.165) is 18.7 Å². The van der Waals surface area contributed by atoms with E-state index in [0.29, 0.717) is 28.8 Å². The molecule has 2 rings (SSSR count). The quantitative estimate of drug-likeness (QED) is 0.329. The Balaban J connectivity index is 0.00000281. The Bertz CT molecular complexity index is 1030. The Kier molecular flexibility index (Phi) is 11.9. The molecular formula is C27H39N3O4. The number of nitrogens with one attached hydrogen (secondary N) is 2. The monoisotopic (exact) mass is 469 g/mol. The van der Waals surface area contributed by atoms with E-state index in [4.69, 9.17) is 4.52 Å². The first-order chi connectivity index (χ1) is 16.2. The molecule has 0 radical (unpaired) electrons. The van der Waals surface area contributed by atoms with Crippen molar-refractivity contribution in [3.8, 4) is 22.8 Å². The number of allylic oxidation sites excluding steroid dienone is 4. The first kappa shape index (κ1) is 28.7. The predicted octanol–water partition coefficient (Wildman–Crippen LogP) is 5.78. The van der Waals surface area contributed by atoms with Gasteiger partial charge in [0, 0.05) is 19.2 Å². The van der Waals surface area contributed by atoms with E-state index in [-0.39, 0.29) is 34.8 Å². The zero-order chi connectivity index (χ0) is 25.8. The van der Waals surface area contributed by atoms with Gasteiger partial charge in [-0.25, -0.2) is 0 Å². The van der Waals surface area contributed by atoms with Gasteiger partial charge in [0.15, 0.2) is 11.5 Å². The molecular weight excluding hydrogens is 430 g/mol. The maximum Gasteiger partial charge on any atom is 0.274 e. The predicted molar refractivity (Wildman–Crippen MR) is 139 cm³/mol. The van der Waals surface area contributed by atoms with E-state index in [2.05, 4.69) is 22.4 Å². The smallest absolute Gasteiger partial charge is 0.274 e. The minimum absolute atomic E-state index is 0.00673. The van der Waals surface area contributed by atoms with E-state index in [1.807, 2.05) is 60.6 Å². The van der Waals surface area contributed by atoms with Gasteiger partial charge in [-0.15, -0.1) is 0 Å². The van der Waals surface area contributed by atoms with Crippen molar-refractivity contribution < 1.29 is 19.5 Å². The molecule has 0 bridgehead atoms. The van der Waals surface area contributed by atoms with Crippen molar-refractivity contribution in [1.29, 1.82) is 0 Å². The van der Waals surface area contributed by atoms with Gasteiger partial charge in [-0.3, -0.25) is 4.79 Å². The third-order valence-electron chi connectivity index (χ3n) is 4.97. The molecule has 4 N–H and O–H groups in total. The summed E-state index contributed by atoms with van der Waals surface area (Å²) in [5, 5.41) is 30.8. The van der Waals surface area contributed by atoms with Crippen LogP contribution in [0.5, 0.6) is 11.5 Å². The fourth-order valence-corrected chi connectivity index (χ4v) is 3.25. The third kappa shape index (κ3) is 7.09. The highest BCUT2D eigenvalue weighted by Gasteiger charge is 2.27. The molecule has 34 heavy (non-hydrogen) atoms. The molecule has 1 amide bonds. The molecule has 7 heteroatoms. The minimum Gasteiger partial charge on any atom is -0.508 e. The molecule has 1 aromatic carbocycles. The zero-order valence-electron chi connectivity index (χ0n) is 21.5. The van der Waals surface area contributed by atoms with Crippen LogP contribution in [0.1, 0.15) is 76.0 Å². The Morgan fingerprint density at radius 1 is 1.15 bits per heavy atom. The minimum atomic E-state index is -0.388. The summed E-state index contributed by atoms with van der Waals surface area (Å²) in [6.07, 6.45) is 5.41. The van der Waals surface area contributed by atoms with Crippen LogP contribution in [0.4, 0.5) is 0 Å². The lowest BCUT2D eigenvalue weighted by Gasteiger charge is -2.12. The van der Waals surface area contributed by atoms with Gasteiger partial charge >= 0.3 is 0 Å². The van der Waals surface area contributed by atoms with Crippen LogP contribution in [0.25, 0.3) is 16.9 Å². The lowest BCUT2D eigenvalue weighted by atomic mass is 9.94. The Labute approximate surface area is 203 Å². The van der Waals surface area contributed by atoms with Gasteiger partial charge in [0.05, 0.1) is 11.1 Å². The van der Waals surface area contributed by atoms with Crippen LogP contribution in [-0.2, 0) is 0 Å². The molecule has 0 atom stereocenters. The van der Waals surface area contributed by atoms with Gasteiger partial charge in [-0.1, -0.05) is 70.2 Å². The highest BCUT2D eigenvalue weighted by Crippen LogP contribution is 2.41. The van der Waals surface area contributed by atoms with Gasteiger partial charge in [0.25, 0.3) is 5.91 Å². The Hall–Kier alpha value is -3.32. The number of phenolic OH excluding ortho intramolecular Hbond substituents is 2. The van der Waals surface area contributed by atoms with Crippen molar-refractivity contribution >= 4 is 11.5 Å². The summed E-state index contributed by atoms with van der Waals surface area (Å²) in [6.45, 7) is 19.6. The van der Waals surface area contributed by atoms with Crippen molar-refractivity contribution in [2.24, 2.45) is 0 Å². The van der Waals surface area contributed by atoms with Crippen molar-refractivity contribution in [2.75, 3.05) is 19.6 Å². The van der Waals surface area contributed by atoms with Crippen LogP contribution in [0.2, 0.25) is 0 Å². The number of benzene rings is 1. The molecule has 186 valence electrons. The number of phenols is 2. The lowest BCUT2D eigenvalue weighted by molar-refractivity contribution is 0.0946. The number of aromatic hydroxyl groups is 2. The van der Waals surface area contributed by atoms with E-state index < -0.39 is 0 Å². The maximum atomic E-state index is 12.7. The molecule has 7 nitrogen and oxygen atoms in total. The second kappa shape index (κ2) is 14.1. The van der Waals surface area contributed by atoms with Crippen molar-refractivity contribution in [3.05, 3.63) is 59.3 Å². The van der Waals surface area contributed by atoms with Crippen molar-refractivity contribution in [1.82, 2.24) is 15.8 Å². The van der Waals surface area contributed by atoms with Crippen molar-refractivity contribution in [2.45, 2.75) is 54.4 Å². The highest BCUT2D eigenvalue weighted by atomic mass is 16.5. The summed E-state index contributed by atoms with van der Waals surface area (Å²) < 4.78 is 5.59. The van der Waals surface area contributed by atoms with Crippen molar-refractivity contribution in [3.63, 3.8) is 0 Å². The van der Waals surface area contributed by atoms with E-state index in [9.17, 15) is 15.0 Å². The van der Waals surface area contributed by atoms with Crippen LogP contribution >= 0.6 is 0 Å². The Morgan fingerprint density at radius 2 is 1.82 bits per heavy atom. The number of nitrogens with zero attached hydrogens (tertiary/aromatic N) is 1. The van der Waals surface area contributed by atoms with Gasteiger partial charge in [0.2, 0.25) is 0 Å². The molecule has 0 unspecified atom stereocenters. The second-order valence-corrected chi connectivity index (χ2v) is 7.80. The second-order valence-electron chi connectivity index (χ2n) is 7.80. The van der Waals surface area contributed by atoms with Gasteiger partial charge < -0.3 is 25.4 Å². The molecule has 0 fully saturated rings. The topological polar surface area (TPSA) is 108 Å². The molecule has 2 aromatic rings. The number of hydrogen-bond acceptors (Lipinski definition) is 6. The molecule has 0 spiro atoms. The molecule has 0 aliphatic rings. The van der Waals surface area contributed by atoms with Crippen LogP contribution in [0.3, 0.4) is 0 Å². The summed E-state index contributed by atoms with van der Waals surface area (Å²) in [4.78, 5) is 12.7. The molecule has 1 aromatic heterocycles. The molecule has 0 aliphatic carbocycles. The first-order valence-corrected chi connectivity index (χ1v) is 11.8. The van der Waals surface area contributed by atoms with Crippen LogP contribution in [-0.4, -0.2) is 40.9 Å². The van der Waals surface area contributed by atoms with Gasteiger partial charge in [0.1, 0.15) is 11.5 Å². The number of carbonyl (C=O) groups excluding carboxylic acids is 1. The zero-order valence-corrected chi connectivity index (χ0v) is 21.5. The lowest BCUT2D eigenvalue weighted by Crippen LogP contribution is -2.24. The maximum absolute atomic E-state index is 12.7. The Morgan fingerprint density at radius 3 is 2.38 bits per heavy atom. The molecule has 0 aliphatic heterocycles. The molecule has 0 saturated heterocycles. The average molecular weight is 470 g/mol. The fraction of sp³-hybridized carbons (Fsp3) is 0.407. The first-order valence-electron chi connectivity index (χ1n) is 11.8. The van der Waals surface area contributed by atoms with Crippen LogP contribution in [0.15, 0.2) is 47.0 Å².